The molecule has 6 heteroatoms. The Bertz CT molecular complexity index is 465. The van der Waals surface area contributed by atoms with Crippen LogP contribution in [0.2, 0.25) is 5.02 Å². The van der Waals surface area contributed by atoms with Gasteiger partial charge in [0.25, 0.3) is 5.91 Å². The average molecular weight is 334 g/mol. The minimum Gasteiger partial charge on any atom is -0.358 e. The molecule has 0 spiro atoms. The molecule has 0 aliphatic rings. The van der Waals surface area contributed by atoms with Gasteiger partial charge in [-0.05, 0) is 41.1 Å². The molecule has 0 aliphatic carbocycles. The lowest BCUT2D eigenvalue weighted by atomic mass is 10.2. The molecule has 0 atom stereocenters. The van der Waals surface area contributed by atoms with Crippen molar-refractivity contribution in [2.75, 3.05) is 20.1 Å². The van der Waals surface area contributed by atoms with E-state index in [1.54, 1.807) is 18.2 Å². The van der Waals surface area contributed by atoms with Gasteiger partial charge in [-0.2, -0.15) is 0 Å². The third kappa shape index (κ3) is 3.71. The van der Waals surface area contributed by atoms with E-state index in [-0.39, 0.29) is 18.4 Å². The van der Waals surface area contributed by atoms with Crippen molar-refractivity contribution in [3.05, 3.63) is 33.3 Å². The van der Waals surface area contributed by atoms with Crippen molar-refractivity contribution in [1.29, 1.82) is 0 Å². The molecule has 0 saturated heterocycles. The first-order valence-electron chi connectivity index (χ1n) is 5.44. The number of rotatable bonds is 4. The Morgan fingerprint density at radius 3 is 2.61 bits per heavy atom. The van der Waals surface area contributed by atoms with E-state index in [9.17, 15) is 9.59 Å². The number of carbonyl (C=O) groups is 2. The summed E-state index contributed by atoms with van der Waals surface area (Å²) in [5.41, 5.74) is 0.467. The molecule has 0 aliphatic heterocycles. The van der Waals surface area contributed by atoms with Gasteiger partial charge in [-0.1, -0.05) is 11.6 Å². The first kappa shape index (κ1) is 15.0. The van der Waals surface area contributed by atoms with Crippen molar-refractivity contribution >= 4 is 39.3 Å². The lowest BCUT2D eigenvalue weighted by Gasteiger charge is -2.20. The predicted molar refractivity (Wildman–Crippen MR) is 74.8 cm³/mol. The van der Waals surface area contributed by atoms with Gasteiger partial charge in [0.15, 0.2) is 0 Å². The van der Waals surface area contributed by atoms with E-state index < -0.39 is 0 Å². The van der Waals surface area contributed by atoms with E-state index in [2.05, 4.69) is 21.2 Å². The largest absolute Gasteiger partial charge is 0.358 e. The van der Waals surface area contributed by atoms with Gasteiger partial charge in [-0.15, -0.1) is 0 Å². The van der Waals surface area contributed by atoms with Crippen LogP contribution in [0.1, 0.15) is 17.3 Å². The highest BCUT2D eigenvalue weighted by molar-refractivity contribution is 9.10. The molecular weight excluding hydrogens is 320 g/mol. The highest BCUT2D eigenvalue weighted by atomic mass is 79.9. The number of carbonyl (C=O) groups excluding carboxylic acids is 2. The maximum atomic E-state index is 12.2. The number of likely N-dealkylation sites (N-methyl/N-ethyl adjacent to an activating group) is 2. The van der Waals surface area contributed by atoms with Crippen LogP contribution in [0.25, 0.3) is 0 Å². The number of nitrogens with one attached hydrogen (secondary N) is 1. The minimum absolute atomic E-state index is 0.0412. The SMILES string of the molecule is CCN(CC(=O)NC)C(=O)c1ccc(Br)c(Cl)c1. The minimum atomic E-state index is -0.212. The second kappa shape index (κ2) is 6.75. The normalized spacial score (nSPS) is 10.0. The van der Waals surface area contributed by atoms with E-state index in [0.29, 0.717) is 17.1 Å². The van der Waals surface area contributed by atoms with Gasteiger partial charge in [-0.3, -0.25) is 9.59 Å². The average Bonchev–Trinajstić information content (AvgIpc) is 2.38. The smallest absolute Gasteiger partial charge is 0.254 e. The van der Waals surface area contributed by atoms with Crippen LogP contribution in [0.4, 0.5) is 0 Å². The Balaban J connectivity index is 2.89. The number of hydrogen-bond acceptors (Lipinski definition) is 2. The van der Waals surface area contributed by atoms with Crippen LogP contribution in [-0.4, -0.2) is 36.9 Å². The highest BCUT2D eigenvalue weighted by Gasteiger charge is 2.17. The van der Waals surface area contributed by atoms with Gasteiger partial charge in [0.1, 0.15) is 0 Å². The van der Waals surface area contributed by atoms with Gasteiger partial charge >= 0.3 is 0 Å². The van der Waals surface area contributed by atoms with Crippen LogP contribution in [0.15, 0.2) is 22.7 Å². The first-order chi connectivity index (χ1) is 8.49. The van der Waals surface area contributed by atoms with E-state index in [1.807, 2.05) is 6.92 Å². The molecule has 98 valence electrons. The Hall–Kier alpha value is -1.07. The lowest BCUT2D eigenvalue weighted by molar-refractivity contribution is -0.121. The third-order valence-electron chi connectivity index (χ3n) is 2.45. The summed E-state index contributed by atoms with van der Waals surface area (Å²) < 4.78 is 0.732. The van der Waals surface area contributed by atoms with Gasteiger partial charge in [0.05, 0.1) is 11.6 Å². The van der Waals surface area contributed by atoms with Crippen molar-refractivity contribution in [2.24, 2.45) is 0 Å². The Morgan fingerprint density at radius 1 is 1.44 bits per heavy atom. The van der Waals surface area contributed by atoms with Crippen molar-refractivity contribution < 1.29 is 9.59 Å². The van der Waals surface area contributed by atoms with E-state index in [0.717, 1.165) is 4.47 Å². The molecule has 4 nitrogen and oxygen atoms in total. The van der Waals surface area contributed by atoms with Crippen LogP contribution in [0.3, 0.4) is 0 Å². The number of benzene rings is 1. The summed E-state index contributed by atoms with van der Waals surface area (Å²) in [6.45, 7) is 2.32. The summed E-state index contributed by atoms with van der Waals surface area (Å²) >= 11 is 9.21. The van der Waals surface area contributed by atoms with E-state index in [1.165, 1.54) is 11.9 Å². The van der Waals surface area contributed by atoms with Crippen LogP contribution >= 0.6 is 27.5 Å². The summed E-state index contributed by atoms with van der Waals surface area (Å²) in [6.07, 6.45) is 0. The maximum Gasteiger partial charge on any atom is 0.254 e. The quantitative estimate of drug-likeness (QED) is 0.919. The summed E-state index contributed by atoms with van der Waals surface area (Å²) in [6, 6.07) is 4.97. The molecule has 0 radical (unpaired) electrons. The van der Waals surface area contributed by atoms with E-state index in [4.69, 9.17) is 11.6 Å². The Kier molecular flexibility index (Phi) is 5.62. The van der Waals surface area contributed by atoms with Gasteiger partial charge in [0.2, 0.25) is 5.91 Å². The molecule has 0 saturated carbocycles. The molecule has 0 unspecified atom stereocenters. The zero-order valence-electron chi connectivity index (χ0n) is 10.2. The lowest BCUT2D eigenvalue weighted by Crippen LogP contribution is -2.39. The molecule has 1 aromatic carbocycles. The fraction of sp³-hybridized carbons (Fsp3) is 0.333. The number of nitrogens with zero attached hydrogens (tertiary/aromatic N) is 1. The fourth-order valence-corrected chi connectivity index (χ4v) is 1.82. The first-order valence-corrected chi connectivity index (χ1v) is 6.61. The van der Waals surface area contributed by atoms with Crippen LogP contribution in [-0.2, 0) is 4.79 Å². The molecular formula is C12H14BrClN2O2. The Labute approximate surface area is 119 Å². The fourth-order valence-electron chi connectivity index (χ4n) is 1.39. The van der Waals surface area contributed by atoms with Crippen molar-refractivity contribution in [3.8, 4) is 0 Å². The number of hydrogen-bond donors (Lipinski definition) is 1. The molecule has 0 fully saturated rings. The van der Waals surface area contributed by atoms with E-state index >= 15 is 0 Å². The summed E-state index contributed by atoms with van der Waals surface area (Å²) in [4.78, 5) is 24.9. The molecule has 18 heavy (non-hydrogen) atoms. The molecule has 0 bridgehead atoms. The zero-order valence-corrected chi connectivity index (χ0v) is 12.5. The zero-order chi connectivity index (χ0) is 13.7. The molecule has 1 N–H and O–H groups in total. The number of amides is 2. The van der Waals surface area contributed by atoms with Crippen LogP contribution < -0.4 is 5.32 Å². The number of halogens is 2. The molecule has 1 rings (SSSR count). The Morgan fingerprint density at radius 2 is 2.11 bits per heavy atom. The van der Waals surface area contributed by atoms with Gasteiger partial charge in [-0.25, -0.2) is 0 Å². The standard InChI is InChI=1S/C12H14BrClN2O2/c1-3-16(7-11(17)15-2)12(18)8-4-5-9(13)10(14)6-8/h4-6H,3,7H2,1-2H3,(H,15,17). The summed E-state index contributed by atoms with van der Waals surface area (Å²) in [5, 5.41) is 2.96. The van der Waals surface area contributed by atoms with Crippen molar-refractivity contribution in [1.82, 2.24) is 10.2 Å². The van der Waals surface area contributed by atoms with Crippen molar-refractivity contribution in [2.45, 2.75) is 6.92 Å². The molecule has 0 aromatic heterocycles. The molecule has 2 amide bonds. The van der Waals surface area contributed by atoms with Crippen molar-refractivity contribution in [3.63, 3.8) is 0 Å². The second-order valence-corrected chi connectivity index (χ2v) is 4.88. The van der Waals surface area contributed by atoms with Gasteiger partial charge in [0, 0.05) is 23.6 Å². The second-order valence-electron chi connectivity index (χ2n) is 3.62. The van der Waals surface area contributed by atoms with Crippen LogP contribution in [0, 0.1) is 0 Å². The molecule has 0 heterocycles. The topological polar surface area (TPSA) is 49.4 Å². The molecule has 1 aromatic rings. The highest BCUT2D eigenvalue weighted by Crippen LogP contribution is 2.23. The third-order valence-corrected chi connectivity index (χ3v) is 3.68. The predicted octanol–water partition coefficient (Wildman–Crippen LogP) is 2.31. The maximum absolute atomic E-state index is 12.2. The monoisotopic (exact) mass is 332 g/mol. The van der Waals surface area contributed by atoms with Gasteiger partial charge < -0.3 is 10.2 Å². The summed E-state index contributed by atoms with van der Waals surface area (Å²) in [7, 11) is 1.54. The summed E-state index contributed by atoms with van der Waals surface area (Å²) in [5.74, 6) is -0.413. The van der Waals surface area contributed by atoms with Crippen LogP contribution in [0.5, 0.6) is 0 Å².